The van der Waals surface area contributed by atoms with Crippen LogP contribution in [0.5, 0.6) is 0 Å². The minimum absolute atomic E-state index is 0.0543. The lowest BCUT2D eigenvalue weighted by Gasteiger charge is -2.25. The van der Waals surface area contributed by atoms with Gasteiger partial charge in [0.25, 0.3) is 0 Å². The van der Waals surface area contributed by atoms with Crippen LogP contribution in [0.15, 0.2) is 71.8 Å². The Balaban J connectivity index is 1.19. The lowest BCUT2D eigenvalue weighted by atomic mass is 10.1. The molecule has 14 nitrogen and oxygen atoms in total. The van der Waals surface area contributed by atoms with E-state index in [9.17, 15) is 27.6 Å². The van der Waals surface area contributed by atoms with Crippen molar-refractivity contribution in [2.24, 2.45) is 0 Å². The van der Waals surface area contributed by atoms with E-state index in [1.54, 1.807) is 36.4 Å². The molecule has 3 amide bonds. The number of carbonyl (C=O) groups is 4. The Morgan fingerprint density at radius 1 is 1.09 bits per heavy atom. The fraction of sp³-hybridized carbons (Fsp3) is 0.333. The number of hydrogen-bond acceptors (Lipinski definition) is 9. The smallest absolute Gasteiger partial charge is 0.414 e. The van der Waals surface area contributed by atoms with Crippen molar-refractivity contribution in [3.8, 4) is 0 Å². The van der Waals surface area contributed by atoms with Crippen LogP contribution in [-0.4, -0.2) is 80.2 Å². The minimum Gasteiger partial charge on any atom is -0.444 e. The van der Waals surface area contributed by atoms with Crippen molar-refractivity contribution < 1.29 is 32.3 Å². The van der Waals surface area contributed by atoms with Crippen molar-refractivity contribution in [3.05, 3.63) is 72.4 Å². The lowest BCUT2D eigenvalue weighted by molar-refractivity contribution is -0.138. The van der Waals surface area contributed by atoms with Crippen LogP contribution in [0.1, 0.15) is 31.2 Å². The van der Waals surface area contributed by atoms with Gasteiger partial charge in [-0.3, -0.25) is 25.3 Å². The topological polar surface area (TPSA) is 200 Å². The molecule has 1 aliphatic rings. The zero-order valence-electron chi connectivity index (χ0n) is 24.4. The van der Waals surface area contributed by atoms with Crippen molar-refractivity contribution in [2.75, 3.05) is 19.6 Å². The highest BCUT2D eigenvalue weighted by Gasteiger charge is 2.35. The van der Waals surface area contributed by atoms with Gasteiger partial charge in [-0.05, 0) is 43.4 Å². The zero-order valence-corrected chi connectivity index (χ0v) is 25.2. The van der Waals surface area contributed by atoms with E-state index in [4.69, 9.17) is 10.1 Å². The number of carbonyl (C=O) groups excluding carboxylic acids is 4. The molecule has 0 radical (unpaired) electrons. The van der Waals surface area contributed by atoms with Gasteiger partial charge in [0.2, 0.25) is 21.8 Å². The number of guanidine groups is 1. The van der Waals surface area contributed by atoms with Gasteiger partial charge in [0.15, 0.2) is 5.96 Å². The van der Waals surface area contributed by atoms with Gasteiger partial charge in [0, 0.05) is 24.7 Å². The molecular formula is C30H35N7O7S. The molecule has 2 aromatic carbocycles. The van der Waals surface area contributed by atoms with Crippen LogP contribution in [-0.2, 0) is 35.8 Å². The van der Waals surface area contributed by atoms with Gasteiger partial charge < -0.3 is 25.1 Å². The number of aldehydes is 1. The molecule has 1 fully saturated rings. The van der Waals surface area contributed by atoms with Crippen LogP contribution in [0, 0.1) is 5.41 Å². The molecule has 1 aliphatic heterocycles. The van der Waals surface area contributed by atoms with Crippen molar-refractivity contribution in [2.45, 2.75) is 49.3 Å². The molecule has 0 saturated carbocycles. The molecular weight excluding hydrogens is 602 g/mol. The zero-order chi connectivity index (χ0) is 32.2. The normalized spacial score (nSPS) is 15.2. The maximum absolute atomic E-state index is 13.0. The highest BCUT2D eigenvalue weighted by atomic mass is 32.2. The molecule has 0 unspecified atom stereocenters. The first-order chi connectivity index (χ1) is 21.7. The SMILES string of the molecule is N=C(NCCC[C@@H](C=O)NC(=O)[C@@H]1CCCN1C(=O)CNS(=O)(=O)c1cccc2cccnc12)NC(=O)OCc1ccccc1. The summed E-state index contributed by atoms with van der Waals surface area (Å²) in [7, 11) is -4.07. The van der Waals surface area contributed by atoms with E-state index in [0.29, 0.717) is 30.9 Å². The molecule has 238 valence electrons. The van der Waals surface area contributed by atoms with Gasteiger partial charge in [0.05, 0.1) is 18.1 Å². The van der Waals surface area contributed by atoms with E-state index in [-0.39, 0.29) is 42.5 Å². The molecule has 0 aliphatic carbocycles. The number of nitrogens with zero attached hydrogens (tertiary/aromatic N) is 2. The van der Waals surface area contributed by atoms with Gasteiger partial charge in [-0.2, -0.15) is 0 Å². The number of fused-ring (bicyclic) bond motifs is 1. The Labute approximate surface area is 260 Å². The maximum Gasteiger partial charge on any atom is 0.414 e. The first-order valence-corrected chi connectivity index (χ1v) is 15.8. The summed E-state index contributed by atoms with van der Waals surface area (Å²) in [5.74, 6) is -1.35. The summed E-state index contributed by atoms with van der Waals surface area (Å²) in [6.45, 7) is 0.0203. The second-order valence-corrected chi connectivity index (χ2v) is 12.0. The number of rotatable bonds is 13. The van der Waals surface area contributed by atoms with E-state index in [2.05, 4.69) is 25.7 Å². The number of aromatic nitrogens is 1. The molecule has 1 saturated heterocycles. The maximum atomic E-state index is 13.0. The monoisotopic (exact) mass is 637 g/mol. The number of benzene rings is 2. The average molecular weight is 638 g/mol. The Morgan fingerprint density at radius 2 is 1.87 bits per heavy atom. The molecule has 15 heteroatoms. The summed E-state index contributed by atoms with van der Waals surface area (Å²) in [4.78, 5) is 54.9. The van der Waals surface area contributed by atoms with Crippen LogP contribution in [0.3, 0.4) is 0 Å². The van der Waals surface area contributed by atoms with E-state index >= 15 is 0 Å². The highest BCUT2D eigenvalue weighted by Crippen LogP contribution is 2.21. The van der Waals surface area contributed by atoms with Gasteiger partial charge in [-0.1, -0.05) is 48.5 Å². The summed E-state index contributed by atoms with van der Waals surface area (Å²) < 4.78 is 33.3. The predicted octanol–water partition coefficient (Wildman–Crippen LogP) is 1.42. The van der Waals surface area contributed by atoms with Crippen LogP contribution < -0.4 is 20.7 Å². The van der Waals surface area contributed by atoms with Gasteiger partial charge in [-0.25, -0.2) is 17.9 Å². The molecule has 1 aromatic heterocycles. The Bertz CT molecular complexity index is 1630. The Hall–Kier alpha value is -4.89. The van der Waals surface area contributed by atoms with Crippen molar-refractivity contribution >= 4 is 51.1 Å². The Kier molecular flexibility index (Phi) is 11.5. The quantitative estimate of drug-likeness (QED) is 0.0796. The van der Waals surface area contributed by atoms with E-state index in [1.165, 1.54) is 17.2 Å². The lowest BCUT2D eigenvalue weighted by Crippen LogP contribution is -2.51. The second kappa shape index (κ2) is 15.7. The van der Waals surface area contributed by atoms with Crippen LogP contribution in [0.25, 0.3) is 10.9 Å². The van der Waals surface area contributed by atoms with Gasteiger partial charge >= 0.3 is 6.09 Å². The summed E-state index contributed by atoms with van der Waals surface area (Å²) >= 11 is 0. The molecule has 3 aromatic rings. The third kappa shape index (κ3) is 9.30. The van der Waals surface area contributed by atoms with Crippen LogP contribution in [0.4, 0.5) is 4.79 Å². The summed E-state index contributed by atoms with van der Waals surface area (Å²) in [5, 5.41) is 16.1. The van der Waals surface area contributed by atoms with Crippen molar-refractivity contribution in [1.29, 1.82) is 5.41 Å². The van der Waals surface area contributed by atoms with Crippen LogP contribution in [0.2, 0.25) is 0 Å². The average Bonchev–Trinajstić information content (AvgIpc) is 3.55. The van der Waals surface area contributed by atoms with E-state index in [1.807, 2.05) is 18.2 Å². The number of likely N-dealkylation sites (tertiary alicyclic amines) is 1. The third-order valence-corrected chi connectivity index (χ3v) is 8.53. The number of para-hydroxylation sites is 1. The van der Waals surface area contributed by atoms with Crippen molar-refractivity contribution in [1.82, 2.24) is 30.6 Å². The summed E-state index contributed by atoms with van der Waals surface area (Å²) in [6, 6.07) is 15.6. The largest absolute Gasteiger partial charge is 0.444 e. The molecule has 5 N–H and O–H groups in total. The van der Waals surface area contributed by atoms with Gasteiger partial charge in [-0.15, -0.1) is 0 Å². The first kappa shape index (κ1) is 33.0. The van der Waals surface area contributed by atoms with Gasteiger partial charge in [0.1, 0.15) is 23.8 Å². The predicted molar refractivity (Wildman–Crippen MR) is 164 cm³/mol. The fourth-order valence-electron chi connectivity index (χ4n) is 4.86. The number of alkyl carbamates (subject to hydrolysis) is 1. The van der Waals surface area contributed by atoms with Crippen molar-refractivity contribution in [3.63, 3.8) is 0 Å². The first-order valence-electron chi connectivity index (χ1n) is 14.4. The molecule has 0 spiro atoms. The second-order valence-electron chi connectivity index (χ2n) is 10.3. The molecule has 0 bridgehead atoms. The number of nitrogens with one attached hydrogen (secondary N) is 5. The number of sulfonamides is 1. The molecule has 45 heavy (non-hydrogen) atoms. The third-order valence-electron chi connectivity index (χ3n) is 7.10. The fourth-order valence-corrected chi connectivity index (χ4v) is 6.01. The number of amides is 3. The molecule has 2 heterocycles. The number of hydrogen-bond donors (Lipinski definition) is 5. The van der Waals surface area contributed by atoms with E-state index < -0.39 is 46.6 Å². The number of pyridine rings is 1. The Morgan fingerprint density at radius 3 is 2.64 bits per heavy atom. The number of ether oxygens (including phenoxy) is 1. The summed E-state index contributed by atoms with van der Waals surface area (Å²) in [6.07, 6.45) is 2.83. The standard InChI is InChI=1S/C30H35N7O7S/c31-29(36-30(41)44-20-21-8-2-1-3-9-21)33-16-6-12-23(19-38)35-28(40)24-13-7-17-37(24)26(39)18-34-45(42,43)25-14-4-10-22-11-5-15-32-27(22)25/h1-5,8-11,14-15,19,23-24,34H,6-7,12-13,16-18,20H2,(H,35,40)(H3,31,33,36,41)/t23-,24-/m0/s1. The summed E-state index contributed by atoms with van der Waals surface area (Å²) in [5.41, 5.74) is 1.08. The highest BCUT2D eigenvalue weighted by molar-refractivity contribution is 7.89. The molecule has 2 atom stereocenters. The van der Waals surface area contributed by atoms with E-state index in [0.717, 1.165) is 5.56 Å². The minimum atomic E-state index is -4.07. The molecule has 4 rings (SSSR count). The van der Waals surface area contributed by atoms with Crippen LogP contribution >= 0.6 is 0 Å².